The number of anilines is 1. The summed E-state index contributed by atoms with van der Waals surface area (Å²) in [5, 5.41) is 2.73. The monoisotopic (exact) mass is 412 g/mol. The van der Waals surface area contributed by atoms with Crippen molar-refractivity contribution >= 4 is 22.9 Å². The lowest BCUT2D eigenvalue weighted by molar-refractivity contribution is -0.137. The van der Waals surface area contributed by atoms with Crippen molar-refractivity contribution in [2.45, 2.75) is 19.5 Å². The number of aromatic nitrogens is 1. The van der Waals surface area contributed by atoms with Gasteiger partial charge in [-0.25, -0.2) is 13.8 Å². The topological polar surface area (TPSA) is 42.0 Å². The third kappa shape index (κ3) is 4.04. The Kier molecular flexibility index (Phi) is 5.46. The molecule has 0 aliphatic heterocycles. The van der Waals surface area contributed by atoms with E-state index in [-0.39, 0.29) is 26.7 Å². The molecule has 1 amide bonds. The summed E-state index contributed by atoms with van der Waals surface area (Å²) in [5.41, 5.74) is -1.42. The summed E-state index contributed by atoms with van der Waals surface area (Å²) in [6.45, 7) is 1.49. The third-order valence-electron chi connectivity index (χ3n) is 3.87. The van der Waals surface area contributed by atoms with Gasteiger partial charge in [0.25, 0.3) is 12.3 Å². The van der Waals surface area contributed by atoms with Crippen LogP contribution >= 0.6 is 11.3 Å². The number of benzene rings is 2. The van der Waals surface area contributed by atoms with Gasteiger partial charge in [-0.15, -0.1) is 11.3 Å². The number of alkyl halides is 5. The average molecular weight is 412 g/mol. The van der Waals surface area contributed by atoms with E-state index in [1.165, 1.54) is 49.4 Å². The Balaban J connectivity index is 2.03. The smallest absolute Gasteiger partial charge is 0.321 e. The van der Waals surface area contributed by atoms with Gasteiger partial charge >= 0.3 is 6.18 Å². The molecule has 0 bridgehead atoms. The van der Waals surface area contributed by atoms with Crippen LogP contribution in [0.25, 0.3) is 11.1 Å². The molecule has 0 spiro atoms. The van der Waals surface area contributed by atoms with E-state index in [2.05, 4.69) is 10.3 Å². The number of amides is 1. The molecule has 3 rings (SSSR count). The number of rotatable bonds is 4. The number of hydrogen-bond acceptors (Lipinski definition) is 3. The van der Waals surface area contributed by atoms with Crippen molar-refractivity contribution in [2.75, 3.05) is 5.32 Å². The van der Waals surface area contributed by atoms with Gasteiger partial charge in [0.15, 0.2) is 0 Å². The summed E-state index contributed by atoms with van der Waals surface area (Å²) in [5.74, 6) is -0.849. The number of nitrogens with zero attached hydrogens (tertiary/aromatic N) is 1. The van der Waals surface area contributed by atoms with Crippen molar-refractivity contribution in [1.29, 1.82) is 0 Å². The van der Waals surface area contributed by atoms with Crippen LogP contribution in [0.3, 0.4) is 0 Å². The SMILES string of the molecule is Cc1nc(C(F)F)c(C(=O)Nc2ccccc2-c2ccccc2C(F)(F)F)s1. The second-order valence-electron chi connectivity index (χ2n) is 5.79. The van der Waals surface area contributed by atoms with Crippen LogP contribution in [0.2, 0.25) is 0 Å². The molecule has 0 radical (unpaired) electrons. The Morgan fingerprint density at radius 2 is 1.64 bits per heavy atom. The quantitative estimate of drug-likeness (QED) is 0.509. The van der Waals surface area contributed by atoms with E-state index in [9.17, 15) is 26.7 Å². The largest absolute Gasteiger partial charge is 0.417 e. The van der Waals surface area contributed by atoms with Crippen LogP contribution in [0.5, 0.6) is 0 Å². The standard InChI is InChI=1S/C19H13F5N2OS/c1-10-25-15(17(20)21)16(28-10)18(27)26-14-9-5-3-7-12(14)11-6-2-4-8-13(11)19(22,23)24/h2-9,17H,1H3,(H,26,27). The van der Waals surface area contributed by atoms with Crippen molar-refractivity contribution in [1.82, 2.24) is 4.98 Å². The number of halogens is 5. The molecular formula is C19H13F5N2OS. The van der Waals surface area contributed by atoms with Crippen LogP contribution in [0, 0.1) is 6.92 Å². The van der Waals surface area contributed by atoms with Crippen molar-refractivity contribution in [3.63, 3.8) is 0 Å². The van der Waals surface area contributed by atoms with Crippen LogP contribution in [0.4, 0.5) is 27.6 Å². The zero-order chi connectivity index (χ0) is 20.5. The Morgan fingerprint density at radius 3 is 2.29 bits per heavy atom. The number of nitrogens with one attached hydrogen (secondary N) is 1. The molecule has 1 heterocycles. The van der Waals surface area contributed by atoms with Gasteiger partial charge in [-0.05, 0) is 24.6 Å². The highest BCUT2D eigenvalue weighted by Gasteiger charge is 2.34. The molecule has 28 heavy (non-hydrogen) atoms. The number of carbonyl (C=O) groups is 1. The number of thiazole rings is 1. The van der Waals surface area contributed by atoms with Crippen LogP contribution in [-0.4, -0.2) is 10.9 Å². The molecule has 1 N–H and O–H groups in total. The highest BCUT2D eigenvalue weighted by molar-refractivity contribution is 7.13. The van der Waals surface area contributed by atoms with Gasteiger partial charge < -0.3 is 5.32 Å². The lowest BCUT2D eigenvalue weighted by atomic mass is 9.97. The van der Waals surface area contributed by atoms with E-state index in [1.807, 2.05) is 0 Å². The molecule has 0 fully saturated rings. The van der Waals surface area contributed by atoms with E-state index in [1.54, 1.807) is 0 Å². The zero-order valence-electron chi connectivity index (χ0n) is 14.3. The van der Waals surface area contributed by atoms with Crippen molar-refractivity contribution in [3.05, 3.63) is 69.7 Å². The van der Waals surface area contributed by atoms with E-state index in [0.29, 0.717) is 0 Å². The molecule has 0 unspecified atom stereocenters. The second-order valence-corrected chi connectivity index (χ2v) is 6.99. The van der Waals surface area contributed by atoms with E-state index >= 15 is 0 Å². The summed E-state index contributed by atoms with van der Waals surface area (Å²) in [4.78, 5) is 15.9. The van der Waals surface area contributed by atoms with E-state index < -0.39 is 29.8 Å². The highest BCUT2D eigenvalue weighted by Crippen LogP contribution is 2.39. The summed E-state index contributed by atoms with van der Waals surface area (Å²) in [7, 11) is 0. The van der Waals surface area contributed by atoms with Gasteiger partial charge in [0.2, 0.25) is 0 Å². The van der Waals surface area contributed by atoms with Gasteiger partial charge in [-0.2, -0.15) is 13.2 Å². The molecule has 1 aromatic heterocycles. The predicted octanol–water partition coefficient (Wildman–Crippen LogP) is 6.33. The number of para-hydroxylation sites is 1. The fraction of sp³-hybridized carbons (Fsp3) is 0.158. The maximum atomic E-state index is 13.4. The first-order chi connectivity index (χ1) is 13.2. The zero-order valence-corrected chi connectivity index (χ0v) is 15.2. The summed E-state index contributed by atoms with van der Waals surface area (Å²) < 4.78 is 66.3. The van der Waals surface area contributed by atoms with Crippen molar-refractivity contribution < 1.29 is 26.7 Å². The first-order valence-electron chi connectivity index (χ1n) is 8.01. The van der Waals surface area contributed by atoms with Gasteiger partial charge in [0, 0.05) is 11.3 Å². The number of aryl methyl sites for hydroxylation is 1. The second kappa shape index (κ2) is 7.67. The Bertz CT molecular complexity index is 1010. The first kappa shape index (κ1) is 19.9. The lowest BCUT2D eigenvalue weighted by Crippen LogP contribution is -2.14. The first-order valence-corrected chi connectivity index (χ1v) is 8.82. The van der Waals surface area contributed by atoms with Gasteiger partial charge in [-0.1, -0.05) is 36.4 Å². The van der Waals surface area contributed by atoms with Gasteiger partial charge in [0.05, 0.1) is 10.6 Å². The molecule has 0 aliphatic carbocycles. The Morgan fingerprint density at radius 1 is 1.04 bits per heavy atom. The molecule has 0 atom stereocenters. The lowest BCUT2D eigenvalue weighted by Gasteiger charge is -2.16. The Hall–Kier alpha value is -2.81. The van der Waals surface area contributed by atoms with Crippen LogP contribution in [0.1, 0.15) is 32.4 Å². The maximum absolute atomic E-state index is 13.4. The molecule has 0 saturated carbocycles. The summed E-state index contributed by atoms with van der Waals surface area (Å²) >= 11 is 0.796. The summed E-state index contributed by atoms with van der Waals surface area (Å²) in [6, 6.07) is 10.8. The highest BCUT2D eigenvalue weighted by atomic mass is 32.1. The molecule has 0 saturated heterocycles. The molecule has 9 heteroatoms. The summed E-state index contributed by atoms with van der Waals surface area (Å²) in [6.07, 6.45) is -7.53. The van der Waals surface area contributed by atoms with Crippen LogP contribution < -0.4 is 5.32 Å². The normalized spacial score (nSPS) is 11.7. The molecule has 3 nitrogen and oxygen atoms in total. The van der Waals surface area contributed by atoms with Crippen LogP contribution in [-0.2, 0) is 6.18 Å². The van der Waals surface area contributed by atoms with Gasteiger partial charge in [-0.3, -0.25) is 4.79 Å². The number of hydrogen-bond donors (Lipinski definition) is 1. The average Bonchev–Trinajstić information content (AvgIpc) is 3.04. The number of carbonyl (C=O) groups excluding carboxylic acids is 1. The fourth-order valence-electron chi connectivity index (χ4n) is 2.73. The fourth-order valence-corrected chi connectivity index (χ4v) is 3.55. The van der Waals surface area contributed by atoms with Gasteiger partial charge in [0.1, 0.15) is 10.6 Å². The Labute approximate surface area is 160 Å². The maximum Gasteiger partial charge on any atom is 0.417 e. The minimum absolute atomic E-state index is 0.0791. The van der Waals surface area contributed by atoms with Crippen molar-refractivity contribution in [2.24, 2.45) is 0 Å². The van der Waals surface area contributed by atoms with Crippen LogP contribution in [0.15, 0.2) is 48.5 Å². The minimum atomic E-state index is -4.59. The molecular weight excluding hydrogens is 399 g/mol. The molecule has 0 aliphatic rings. The van der Waals surface area contributed by atoms with E-state index in [4.69, 9.17) is 0 Å². The predicted molar refractivity (Wildman–Crippen MR) is 96.6 cm³/mol. The van der Waals surface area contributed by atoms with Crippen molar-refractivity contribution in [3.8, 4) is 11.1 Å². The molecule has 2 aromatic carbocycles. The minimum Gasteiger partial charge on any atom is -0.321 e. The van der Waals surface area contributed by atoms with E-state index in [0.717, 1.165) is 17.4 Å². The molecule has 146 valence electrons. The third-order valence-corrected chi connectivity index (χ3v) is 4.86. The molecule has 3 aromatic rings.